The van der Waals surface area contributed by atoms with Gasteiger partial charge in [-0.15, -0.1) is 0 Å². The molecule has 0 fully saturated rings. The van der Waals surface area contributed by atoms with Crippen LogP contribution in [0.25, 0.3) is 0 Å². The second-order valence-corrected chi connectivity index (χ2v) is 2.76. The molecule has 2 heterocycles. The fourth-order valence-electron chi connectivity index (χ4n) is 1.18. The normalized spacial score (nSPS) is 18.4. The second-order valence-electron chi connectivity index (χ2n) is 2.76. The Bertz CT molecular complexity index is 425. The first-order valence-corrected chi connectivity index (χ1v) is 4.07. The Balaban J connectivity index is 2.48. The molecule has 2 aliphatic rings. The van der Waals surface area contributed by atoms with Crippen molar-refractivity contribution in [1.82, 2.24) is 0 Å². The fourth-order valence-corrected chi connectivity index (χ4v) is 1.18. The van der Waals surface area contributed by atoms with Gasteiger partial charge in [-0.25, -0.2) is 0 Å². The standard InChI is InChI=1S/C10H7NO3/c12-11(13)9-6-3-5-8-4-1-2-7-10(9)14-8/h1-7H. The van der Waals surface area contributed by atoms with Crippen molar-refractivity contribution in [1.29, 1.82) is 0 Å². The molecule has 0 aromatic heterocycles. The Hall–Kier alpha value is -2.10. The minimum absolute atomic E-state index is 0.0313. The summed E-state index contributed by atoms with van der Waals surface area (Å²) in [6.45, 7) is 0. The zero-order chi connectivity index (χ0) is 9.97. The lowest BCUT2D eigenvalue weighted by atomic mass is 10.3. The summed E-state index contributed by atoms with van der Waals surface area (Å²) in [6.07, 6.45) is 11.5. The molecule has 2 rings (SSSR count). The molecule has 0 aromatic rings. The Labute approximate surface area is 80.3 Å². The molecule has 0 N–H and O–H groups in total. The van der Waals surface area contributed by atoms with Gasteiger partial charge in [0, 0.05) is 6.08 Å². The molecule has 0 saturated heterocycles. The molecule has 0 aromatic carbocycles. The number of ether oxygens (including phenoxy) is 1. The largest absolute Gasteiger partial charge is 0.450 e. The molecule has 70 valence electrons. The van der Waals surface area contributed by atoms with E-state index in [1.165, 1.54) is 6.08 Å². The number of nitro groups is 1. The zero-order valence-corrected chi connectivity index (χ0v) is 7.21. The molecule has 0 atom stereocenters. The summed E-state index contributed by atoms with van der Waals surface area (Å²) in [5.41, 5.74) is -0.0313. The highest BCUT2D eigenvalue weighted by Crippen LogP contribution is 2.22. The van der Waals surface area contributed by atoms with Gasteiger partial charge < -0.3 is 4.74 Å². The Morgan fingerprint density at radius 2 is 1.93 bits per heavy atom. The van der Waals surface area contributed by atoms with Crippen molar-refractivity contribution in [3.8, 4) is 0 Å². The van der Waals surface area contributed by atoms with Crippen molar-refractivity contribution in [2.75, 3.05) is 0 Å². The smallest absolute Gasteiger partial charge is 0.311 e. The van der Waals surface area contributed by atoms with E-state index in [4.69, 9.17) is 4.74 Å². The summed E-state index contributed by atoms with van der Waals surface area (Å²) in [7, 11) is 0. The van der Waals surface area contributed by atoms with Gasteiger partial charge in [0.05, 0.1) is 4.92 Å². The molecule has 0 amide bonds. The average molecular weight is 189 g/mol. The first-order valence-electron chi connectivity index (χ1n) is 4.07. The van der Waals surface area contributed by atoms with Gasteiger partial charge in [-0.05, 0) is 18.2 Å². The van der Waals surface area contributed by atoms with Crippen LogP contribution in [0.15, 0.2) is 59.7 Å². The summed E-state index contributed by atoms with van der Waals surface area (Å²) in [6, 6.07) is 0. The third-order valence-corrected chi connectivity index (χ3v) is 1.81. The molecule has 4 nitrogen and oxygen atoms in total. The monoisotopic (exact) mass is 189 g/mol. The number of allylic oxidation sites excluding steroid dienone is 7. The van der Waals surface area contributed by atoms with Gasteiger partial charge >= 0.3 is 5.70 Å². The van der Waals surface area contributed by atoms with Crippen LogP contribution in [-0.4, -0.2) is 4.92 Å². The minimum atomic E-state index is -0.460. The molecule has 2 aliphatic heterocycles. The van der Waals surface area contributed by atoms with Gasteiger partial charge in [0.1, 0.15) is 5.76 Å². The van der Waals surface area contributed by atoms with Gasteiger partial charge in [0.2, 0.25) is 5.76 Å². The average Bonchev–Trinajstić information content (AvgIpc) is 2.48. The van der Waals surface area contributed by atoms with E-state index in [9.17, 15) is 10.1 Å². The van der Waals surface area contributed by atoms with Crippen LogP contribution in [0.2, 0.25) is 0 Å². The molecular weight excluding hydrogens is 182 g/mol. The van der Waals surface area contributed by atoms with E-state index < -0.39 is 4.92 Å². The number of hydrogen-bond acceptors (Lipinski definition) is 3. The van der Waals surface area contributed by atoms with Crippen molar-refractivity contribution in [3.63, 3.8) is 0 Å². The molecule has 2 bridgehead atoms. The van der Waals surface area contributed by atoms with Crippen molar-refractivity contribution < 1.29 is 9.66 Å². The Kier molecular flexibility index (Phi) is 2.02. The maximum Gasteiger partial charge on any atom is 0.311 e. The van der Waals surface area contributed by atoms with Crippen LogP contribution in [-0.2, 0) is 4.74 Å². The van der Waals surface area contributed by atoms with Gasteiger partial charge in [0.15, 0.2) is 0 Å². The van der Waals surface area contributed by atoms with E-state index in [1.54, 1.807) is 36.5 Å². The lowest BCUT2D eigenvalue weighted by Gasteiger charge is -2.04. The van der Waals surface area contributed by atoms with Crippen molar-refractivity contribution in [3.05, 3.63) is 69.9 Å². The molecule has 0 saturated carbocycles. The van der Waals surface area contributed by atoms with E-state index >= 15 is 0 Å². The van der Waals surface area contributed by atoms with E-state index in [2.05, 4.69) is 0 Å². The van der Waals surface area contributed by atoms with Gasteiger partial charge in [-0.1, -0.05) is 18.2 Å². The molecular formula is C10H7NO3. The third kappa shape index (κ3) is 1.50. The van der Waals surface area contributed by atoms with Crippen LogP contribution < -0.4 is 0 Å². The zero-order valence-electron chi connectivity index (χ0n) is 7.21. The summed E-state index contributed by atoms with van der Waals surface area (Å²) in [4.78, 5) is 10.2. The summed E-state index contributed by atoms with van der Waals surface area (Å²) in [5, 5.41) is 10.7. The second kappa shape index (κ2) is 3.33. The molecule has 0 spiro atoms. The van der Waals surface area contributed by atoms with Crippen molar-refractivity contribution in [2.45, 2.75) is 0 Å². The third-order valence-electron chi connectivity index (χ3n) is 1.81. The minimum Gasteiger partial charge on any atom is -0.450 e. The summed E-state index contributed by atoms with van der Waals surface area (Å²) < 4.78 is 5.31. The molecule has 4 heteroatoms. The summed E-state index contributed by atoms with van der Waals surface area (Å²) in [5.74, 6) is 0.859. The number of nitrogens with zero attached hydrogens (tertiary/aromatic N) is 1. The molecule has 0 aliphatic carbocycles. The highest BCUT2D eigenvalue weighted by atomic mass is 16.6. The predicted octanol–water partition coefficient (Wildman–Crippen LogP) is 2.07. The van der Waals surface area contributed by atoms with Crippen molar-refractivity contribution in [2.24, 2.45) is 0 Å². The van der Waals surface area contributed by atoms with Crippen LogP contribution in [0.4, 0.5) is 0 Å². The van der Waals surface area contributed by atoms with Gasteiger partial charge in [-0.2, -0.15) is 0 Å². The molecule has 0 unspecified atom stereocenters. The van der Waals surface area contributed by atoms with Crippen LogP contribution >= 0.6 is 0 Å². The predicted molar refractivity (Wildman–Crippen MR) is 50.6 cm³/mol. The van der Waals surface area contributed by atoms with Gasteiger partial charge in [-0.3, -0.25) is 10.1 Å². The Morgan fingerprint density at radius 3 is 2.71 bits per heavy atom. The lowest BCUT2D eigenvalue weighted by molar-refractivity contribution is -0.423. The van der Waals surface area contributed by atoms with Gasteiger partial charge in [0.25, 0.3) is 0 Å². The highest BCUT2D eigenvalue weighted by Gasteiger charge is 2.21. The number of fused-ring (bicyclic) bond motifs is 2. The van der Waals surface area contributed by atoms with Crippen LogP contribution in [0, 0.1) is 10.1 Å². The number of hydrogen-bond donors (Lipinski definition) is 0. The van der Waals surface area contributed by atoms with E-state index in [0.717, 1.165) is 0 Å². The van der Waals surface area contributed by atoms with Crippen LogP contribution in [0.3, 0.4) is 0 Å². The van der Waals surface area contributed by atoms with Crippen LogP contribution in [0.1, 0.15) is 0 Å². The SMILES string of the molecule is O=[N+]([O-])C1=CC=CC2=CC=CC=C1O2. The molecule has 0 radical (unpaired) electrons. The maximum absolute atomic E-state index is 10.7. The summed E-state index contributed by atoms with van der Waals surface area (Å²) >= 11 is 0. The van der Waals surface area contributed by atoms with E-state index in [-0.39, 0.29) is 11.5 Å². The first-order chi connectivity index (χ1) is 6.77. The van der Waals surface area contributed by atoms with E-state index in [0.29, 0.717) is 5.76 Å². The lowest BCUT2D eigenvalue weighted by Crippen LogP contribution is -2.03. The maximum atomic E-state index is 10.7. The number of rotatable bonds is 1. The topological polar surface area (TPSA) is 52.4 Å². The Morgan fingerprint density at radius 1 is 1.14 bits per heavy atom. The molecule has 14 heavy (non-hydrogen) atoms. The van der Waals surface area contributed by atoms with Crippen LogP contribution in [0.5, 0.6) is 0 Å². The van der Waals surface area contributed by atoms with E-state index in [1.807, 2.05) is 0 Å². The fraction of sp³-hybridized carbons (Fsp3) is 0. The quantitative estimate of drug-likeness (QED) is 0.468. The highest BCUT2D eigenvalue weighted by molar-refractivity contribution is 5.38. The first kappa shape index (κ1) is 8.50. The van der Waals surface area contributed by atoms with Crippen molar-refractivity contribution >= 4 is 0 Å².